The van der Waals surface area contributed by atoms with Crippen molar-refractivity contribution in [2.75, 3.05) is 19.8 Å². The number of hydrogen-bond donors (Lipinski definition) is 1. The lowest BCUT2D eigenvalue weighted by Gasteiger charge is -2.19. The Morgan fingerprint density at radius 1 is 1.27 bits per heavy atom. The minimum absolute atomic E-state index is 0.649. The molecule has 0 radical (unpaired) electrons. The van der Waals surface area contributed by atoms with Gasteiger partial charge >= 0.3 is 0 Å². The predicted molar refractivity (Wildman–Crippen MR) is 65.0 cm³/mol. The van der Waals surface area contributed by atoms with Crippen LogP contribution in [0.25, 0.3) is 0 Å². The van der Waals surface area contributed by atoms with Crippen molar-refractivity contribution >= 4 is 0 Å². The monoisotopic (exact) mass is 213 g/mol. The molecular formula is C13H27NO. The van der Waals surface area contributed by atoms with Crippen molar-refractivity contribution in [2.45, 2.75) is 46.6 Å². The van der Waals surface area contributed by atoms with Gasteiger partial charge in [0.2, 0.25) is 0 Å². The molecule has 15 heavy (non-hydrogen) atoms. The summed E-state index contributed by atoms with van der Waals surface area (Å²) in [5.41, 5.74) is 0. The first-order chi connectivity index (χ1) is 7.11. The van der Waals surface area contributed by atoms with Gasteiger partial charge in [0.15, 0.2) is 0 Å². The van der Waals surface area contributed by atoms with Gasteiger partial charge in [0.25, 0.3) is 0 Å². The van der Waals surface area contributed by atoms with Gasteiger partial charge in [-0.25, -0.2) is 0 Å². The maximum atomic E-state index is 5.55. The van der Waals surface area contributed by atoms with Crippen molar-refractivity contribution in [3.63, 3.8) is 0 Å². The SMILES string of the molecule is CC(C)COCCNC1CCC(C)C1C. The van der Waals surface area contributed by atoms with Gasteiger partial charge in [-0.15, -0.1) is 0 Å². The highest BCUT2D eigenvalue weighted by Gasteiger charge is 2.28. The molecule has 0 amide bonds. The Morgan fingerprint density at radius 3 is 2.53 bits per heavy atom. The van der Waals surface area contributed by atoms with E-state index in [-0.39, 0.29) is 0 Å². The van der Waals surface area contributed by atoms with Gasteiger partial charge in [0.1, 0.15) is 0 Å². The van der Waals surface area contributed by atoms with Crippen molar-refractivity contribution in [3.8, 4) is 0 Å². The molecule has 1 saturated carbocycles. The summed E-state index contributed by atoms with van der Waals surface area (Å²) in [4.78, 5) is 0. The van der Waals surface area contributed by atoms with Crippen LogP contribution in [0.15, 0.2) is 0 Å². The lowest BCUT2D eigenvalue weighted by molar-refractivity contribution is 0.109. The molecule has 0 aromatic rings. The van der Waals surface area contributed by atoms with Gasteiger partial charge in [-0.1, -0.05) is 27.7 Å². The van der Waals surface area contributed by atoms with Crippen LogP contribution in [-0.4, -0.2) is 25.8 Å². The zero-order valence-corrected chi connectivity index (χ0v) is 10.8. The summed E-state index contributed by atoms with van der Waals surface area (Å²) in [6.07, 6.45) is 2.72. The van der Waals surface area contributed by atoms with Crippen LogP contribution in [0.3, 0.4) is 0 Å². The van der Waals surface area contributed by atoms with Crippen LogP contribution in [-0.2, 0) is 4.74 Å². The molecule has 1 fully saturated rings. The molecule has 3 unspecified atom stereocenters. The van der Waals surface area contributed by atoms with Gasteiger partial charge in [-0.05, 0) is 30.6 Å². The normalized spacial score (nSPS) is 31.4. The fourth-order valence-corrected chi connectivity index (χ4v) is 2.29. The summed E-state index contributed by atoms with van der Waals surface area (Å²) in [5.74, 6) is 2.37. The Labute approximate surface area is 94.8 Å². The number of rotatable bonds is 6. The van der Waals surface area contributed by atoms with E-state index in [0.29, 0.717) is 5.92 Å². The van der Waals surface area contributed by atoms with Gasteiger partial charge in [-0.2, -0.15) is 0 Å². The van der Waals surface area contributed by atoms with E-state index in [2.05, 4.69) is 33.0 Å². The Balaban J connectivity index is 2.01. The summed E-state index contributed by atoms with van der Waals surface area (Å²) < 4.78 is 5.55. The Hall–Kier alpha value is -0.0800. The Morgan fingerprint density at radius 2 is 2.00 bits per heavy atom. The maximum absolute atomic E-state index is 5.55. The Bertz CT molecular complexity index is 170. The number of nitrogens with one attached hydrogen (secondary N) is 1. The standard InChI is InChI=1S/C13H27NO/c1-10(2)9-15-8-7-14-13-6-5-11(3)12(13)4/h10-14H,5-9H2,1-4H3. The fourth-order valence-electron chi connectivity index (χ4n) is 2.29. The fraction of sp³-hybridized carbons (Fsp3) is 1.00. The van der Waals surface area contributed by atoms with E-state index in [4.69, 9.17) is 4.74 Å². The molecule has 2 nitrogen and oxygen atoms in total. The van der Waals surface area contributed by atoms with E-state index < -0.39 is 0 Å². The van der Waals surface area contributed by atoms with Crippen molar-refractivity contribution in [2.24, 2.45) is 17.8 Å². The van der Waals surface area contributed by atoms with Crippen molar-refractivity contribution in [3.05, 3.63) is 0 Å². The smallest absolute Gasteiger partial charge is 0.0591 e. The lowest BCUT2D eigenvalue weighted by Crippen LogP contribution is -2.34. The average molecular weight is 213 g/mol. The molecule has 1 aliphatic carbocycles. The minimum atomic E-state index is 0.649. The number of hydrogen-bond acceptors (Lipinski definition) is 2. The highest BCUT2D eigenvalue weighted by Crippen LogP contribution is 2.30. The zero-order valence-electron chi connectivity index (χ0n) is 10.8. The summed E-state index contributed by atoms with van der Waals surface area (Å²) in [6, 6.07) is 0.725. The van der Waals surface area contributed by atoms with Crippen LogP contribution in [0, 0.1) is 17.8 Å². The van der Waals surface area contributed by atoms with E-state index in [0.717, 1.165) is 37.6 Å². The molecule has 0 aromatic carbocycles. The molecule has 0 aromatic heterocycles. The summed E-state index contributed by atoms with van der Waals surface area (Å²) >= 11 is 0. The maximum Gasteiger partial charge on any atom is 0.0591 e. The summed E-state index contributed by atoms with van der Waals surface area (Å²) in [6.45, 7) is 11.9. The first kappa shape index (κ1) is 13.0. The van der Waals surface area contributed by atoms with Crippen LogP contribution < -0.4 is 5.32 Å². The van der Waals surface area contributed by atoms with E-state index in [1.54, 1.807) is 0 Å². The van der Waals surface area contributed by atoms with Crippen LogP contribution >= 0.6 is 0 Å². The van der Waals surface area contributed by atoms with Crippen LogP contribution in [0.4, 0.5) is 0 Å². The third-order valence-corrected chi connectivity index (χ3v) is 3.57. The molecule has 0 aliphatic heterocycles. The third-order valence-electron chi connectivity index (χ3n) is 3.57. The molecule has 0 bridgehead atoms. The van der Waals surface area contributed by atoms with Crippen LogP contribution in [0.5, 0.6) is 0 Å². The second kappa shape index (κ2) is 6.49. The number of ether oxygens (including phenoxy) is 1. The van der Waals surface area contributed by atoms with Gasteiger partial charge < -0.3 is 10.1 Å². The summed E-state index contributed by atoms with van der Waals surface area (Å²) in [5, 5.41) is 3.61. The van der Waals surface area contributed by atoms with Gasteiger partial charge in [0, 0.05) is 19.2 Å². The van der Waals surface area contributed by atoms with E-state index in [1.807, 2.05) is 0 Å². The molecule has 0 spiro atoms. The van der Waals surface area contributed by atoms with Crippen molar-refractivity contribution in [1.82, 2.24) is 5.32 Å². The topological polar surface area (TPSA) is 21.3 Å². The first-order valence-electron chi connectivity index (χ1n) is 6.42. The predicted octanol–water partition coefficient (Wildman–Crippen LogP) is 2.68. The van der Waals surface area contributed by atoms with E-state index >= 15 is 0 Å². The van der Waals surface area contributed by atoms with E-state index in [1.165, 1.54) is 12.8 Å². The molecule has 1 N–H and O–H groups in total. The van der Waals surface area contributed by atoms with Crippen molar-refractivity contribution in [1.29, 1.82) is 0 Å². The highest BCUT2D eigenvalue weighted by molar-refractivity contribution is 4.84. The van der Waals surface area contributed by atoms with E-state index in [9.17, 15) is 0 Å². The second-order valence-electron chi connectivity index (χ2n) is 5.44. The zero-order chi connectivity index (χ0) is 11.3. The van der Waals surface area contributed by atoms with Crippen LogP contribution in [0.1, 0.15) is 40.5 Å². The molecule has 1 aliphatic rings. The minimum Gasteiger partial charge on any atom is -0.380 e. The third kappa shape index (κ3) is 4.52. The molecular weight excluding hydrogens is 186 g/mol. The first-order valence-corrected chi connectivity index (χ1v) is 6.42. The Kier molecular flexibility index (Phi) is 5.62. The molecule has 0 heterocycles. The highest BCUT2D eigenvalue weighted by atomic mass is 16.5. The molecule has 2 heteroatoms. The average Bonchev–Trinajstić information content (AvgIpc) is 2.48. The molecule has 1 rings (SSSR count). The van der Waals surface area contributed by atoms with Crippen molar-refractivity contribution < 1.29 is 4.74 Å². The van der Waals surface area contributed by atoms with Gasteiger partial charge in [0.05, 0.1) is 6.61 Å². The second-order valence-corrected chi connectivity index (χ2v) is 5.44. The largest absolute Gasteiger partial charge is 0.380 e. The lowest BCUT2D eigenvalue weighted by atomic mass is 9.98. The molecule has 0 saturated heterocycles. The molecule has 3 atom stereocenters. The summed E-state index contributed by atoms with van der Waals surface area (Å²) in [7, 11) is 0. The van der Waals surface area contributed by atoms with Crippen LogP contribution in [0.2, 0.25) is 0 Å². The quantitative estimate of drug-likeness (QED) is 0.685. The molecule has 90 valence electrons. The van der Waals surface area contributed by atoms with Gasteiger partial charge in [-0.3, -0.25) is 0 Å².